The first kappa shape index (κ1) is 14.8. The van der Waals surface area contributed by atoms with Crippen LogP contribution in [0.4, 0.5) is 0 Å². The van der Waals surface area contributed by atoms with Crippen molar-refractivity contribution in [2.45, 2.75) is 70.4 Å². The highest BCUT2D eigenvalue weighted by atomic mass is 15.2. The number of hydrogen-bond donors (Lipinski definition) is 0. The fourth-order valence-electron chi connectivity index (χ4n) is 3.85. The van der Waals surface area contributed by atoms with Crippen molar-refractivity contribution in [1.29, 1.82) is 0 Å². The number of fused-ring (bicyclic) bond motifs is 2. The van der Waals surface area contributed by atoms with Crippen molar-refractivity contribution in [1.82, 2.24) is 4.90 Å². The van der Waals surface area contributed by atoms with Gasteiger partial charge in [0.15, 0.2) is 0 Å². The van der Waals surface area contributed by atoms with Gasteiger partial charge >= 0.3 is 0 Å². The van der Waals surface area contributed by atoms with Crippen molar-refractivity contribution in [3.8, 4) is 0 Å². The number of rotatable bonds is 2. The Kier molecular flexibility index (Phi) is 3.96. The van der Waals surface area contributed by atoms with E-state index in [4.69, 9.17) is 0 Å². The van der Waals surface area contributed by atoms with Crippen molar-refractivity contribution in [2.24, 2.45) is 0 Å². The lowest BCUT2D eigenvalue weighted by molar-refractivity contribution is 0.129. The quantitative estimate of drug-likeness (QED) is 0.711. The fourth-order valence-corrected chi connectivity index (χ4v) is 3.85. The van der Waals surface area contributed by atoms with E-state index >= 15 is 0 Å². The molecule has 1 aromatic carbocycles. The molecule has 2 unspecified atom stereocenters. The van der Waals surface area contributed by atoms with Gasteiger partial charge in [-0.05, 0) is 49.3 Å². The molecule has 2 aliphatic rings. The van der Waals surface area contributed by atoms with Crippen molar-refractivity contribution in [3.05, 3.63) is 47.0 Å². The van der Waals surface area contributed by atoms with Crippen LogP contribution in [0.5, 0.6) is 0 Å². The Morgan fingerprint density at radius 1 is 1.10 bits per heavy atom. The monoisotopic (exact) mass is 283 g/mol. The number of piperidine rings is 1. The standard InChI is InChI=1S/C20H29N/c1-20(2,3)17-10-8-15(9-11-17)12-16-13-18-6-5-7-19(14-16)21(18)4/h8-11,13,18-19H,5-7,12,14H2,1-4H3. The Morgan fingerprint density at radius 3 is 2.43 bits per heavy atom. The first-order chi connectivity index (χ1) is 9.93. The predicted octanol–water partition coefficient (Wildman–Crippen LogP) is 4.71. The lowest BCUT2D eigenvalue weighted by atomic mass is 9.83. The van der Waals surface area contributed by atoms with E-state index < -0.39 is 0 Å². The second kappa shape index (κ2) is 5.61. The van der Waals surface area contributed by atoms with Crippen LogP contribution in [0.3, 0.4) is 0 Å². The molecule has 2 atom stereocenters. The van der Waals surface area contributed by atoms with Gasteiger partial charge in [-0.15, -0.1) is 0 Å². The number of nitrogens with zero attached hydrogens (tertiary/aromatic N) is 1. The molecular formula is C20H29N. The number of benzene rings is 1. The Balaban J connectivity index is 1.72. The SMILES string of the molecule is CN1C2C=C(Cc3ccc(C(C)(C)C)cc3)CC1CCC2. The average molecular weight is 283 g/mol. The molecule has 0 spiro atoms. The van der Waals surface area contributed by atoms with Crippen LogP contribution in [0.1, 0.15) is 57.6 Å². The summed E-state index contributed by atoms with van der Waals surface area (Å²) in [6, 6.07) is 10.8. The van der Waals surface area contributed by atoms with E-state index in [1.54, 1.807) is 5.57 Å². The van der Waals surface area contributed by atoms with Crippen LogP contribution in [0.15, 0.2) is 35.9 Å². The van der Waals surface area contributed by atoms with E-state index in [-0.39, 0.29) is 5.41 Å². The van der Waals surface area contributed by atoms with Crippen molar-refractivity contribution in [3.63, 3.8) is 0 Å². The minimum Gasteiger partial charge on any atom is -0.297 e. The molecule has 1 aromatic rings. The average Bonchev–Trinajstić information content (AvgIpc) is 2.39. The van der Waals surface area contributed by atoms with Crippen LogP contribution in [0, 0.1) is 0 Å². The zero-order chi connectivity index (χ0) is 15.0. The second-order valence-corrected chi connectivity index (χ2v) is 7.97. The first-order valence-corrected chi connectivity index (χ1v) is 8.44. The molecule has 0 radical (unpaired) electrons. The molecule has 114 valence electrons. The van der Waals surface area contributed by atoms with Crippen LogP contribution in [-0.2, 0) is 11.8 Å². The lowest BCUT2D eigenvalue weighted by Crippen LogP contribution is -2.46. The summed E-state index contributed by atoms with van der Waals surface area (Å²) >= 11 is 0. The summed E-state index contributed by atoms with van der Waals surface area (Å²) in [6.45, 7) is 6.84. The van der Waals surface area contributed by atoms with Gasteiger partial charge in [0.25, 0.3) is 0 Å². The largest absolute Gasteiger partial charge is 0.297 e. The van der Waals surface area contributed by atoms with E-state index in [0.717, 1.165) is 12.5 Å². The summed E-state index contributed by atoms with van der Waals surface area (Å²) in [5.74, 6) is 0. The molecule has 1 saturated heterocycles. The lowest BCUT2D eigenvalue weighted by Gasteiger charge is -2.42. The van der Waals surface area contributed by atoms with Gasteiger partial charge in [0, 0.05) is 12.1 Å². The van der Waals surface area contributed by atoms with Gasteiger partial charge in [-0.2, -0.15) is 0 Å². The van der Waals surface area contributed by atoms with Crippen molar-refractivity contribution in [2.75, 3.05) is 7.05 Å². The summed E-state index contributed by atoms with van der Waals surface area (Å²) in [7, 11) is 2.31. The van der Waals surface area contributed by atoms with Gasteiger partial charge in [0.2, 0.25) is 0 Å². The summed E-state index contributed by atoms with van der Waals surface area (Å²) in [6.07, 6.45) is 9.10. The molecule has 3 rings (SSSR count). The minimum absolute atomic E-state index is 0.252. The van der Waals surface area contributed by atoms with Gasteiger partial charge in [0.1, 0.15) is 0 Å². The van der Waals surface area contributed by atoms with Gasteiger partial charge in [-0.3, -0.25) is 4.90 Å². The van der Waals surface area contributed by atoms with Crippen molar-refractivity contribution >= 4 is 0 Å². The maximum atomic E-state index is 2.59. The van der Waals surface area contributed by atoms with Crippen LogP contribution < -0.4 is 0 Å². The highest BCUT2D eigenvalue weighted by Crippen LogP contribution is 2.33. The highest BCUT2D eigenvalue weighted by molar-refractivity contribution is 5.31. The molecule has 0 aliphatic carbocycles. The van der Waals surface area contributed by atoms with Gasteiger partial charge in [-0.1, -0.05) is 63.1 Å². The maximum absolute atomic E-state index is 2.59. The molecule has 1 heteroatoms. The zero-order valence-corrected chi connectivity index (χ0v) is 14.0. The summed E-state index contributed by atoms with van der Waals surface area (Å²) < 4.78 is 0. The fraction of sp³-hybridized carbons (Fsp3) is 0.600. The van der Waals surface area contributed by atoms with Gasteiger partial charge in [0.05, 0.1) is 0 Å². The molecule has 0 aromatic heterocycles. The predicted molar refractivity (Wildman–Crippen MR) is 90.7 cm³/mol. The minimum atomic E-state index is 0.252. The molecule has 2 aliphatic heterocycles. The van der Waals surface area contributed by atoms with Crippen LogP contribution in [0.2, 0.25) is 0 Å². The number of likely N-dealkylation sites (N-methyl/N-ethyl adjacent to an activating group) is 1. The first-order valence-electron chi connectivity index (χ1n) is 8.44. The molecule has 0 saturated carbocycles. The molecule has 1 nitrogen and oxygen atoms in total. The van der Waals surface area contributed by atoms with Gasteiger partial charge < -0.3 is 0 Å². The smallest absolute Gasteiger partial charge is 0.0280 e. The van der Waals surface area contributed by atoms with Crippen LogP contribution in [-0.4, -0.2) is 24.0 Å². The molecular weight excluding hydrogens is 254 g/mol. The maximum Gasteiger partial charge on any atom is 0.0280 e. The molecule has 0 amide bonds. The van der Waals surface area contributed by atoms with E-state index in [1.807, 2.05) is 0 Å². The van der Waals surface area contributed by atoms with E-state index in [0.29, 0.717) is 6.04 Å². The third kappa shape index (κ3) is 3.23. The van der Waals surface area contributed by atoms with Crippen LogP contribution >= 0.6 is 0 Å². The molecule has 1 fully saturated rings. The summed E-state index contributed by atoms with van der Waals surface area (Å²) in [4.78, 5) is 2.59. The van der Waals surface area contributed by atoms with Crippen molar-refractivity contribution < 1.29 is 0 Å². The molecule has 21 heavy (non-hydrogen) atoms. The normalized spacial score (nSPS) is 26.6. The molecule has 2 heterocycles. The second-order valence-electron chi connectivity index (χ2n) is 7.97. The number of hydrogen-bond acceptors (Lipinski definition) is 1. The molecule has 2 bridgehead atoms. The van der Waals surface area contributed by atoms with Gasteiger partial charge in [-0.25, -0.2) is 0 Å². The Bertz CT molecular complexity index is 518. The highest BCUT2D eigenvalue weighted by Gasteiger charge is 2.30. The zero-order valence-electron chi connectivity index (χ0n) is 14.0. The van der Waals surface area contributed by atoms with Crippen LogP contribution in [0.25, 0.3) is 0 Å². The molecule has 0 N–H and O–H groups in total. The topological polar surface area (TPSA) is 3.24 Å². The summed E-state index contributed by atoms with van der Waals surface area (Å²) in [5, 5.41) is 0. The van der Waals surface area contributed by atoms with E-state index in [1.165, 1.54) is 36.8 Å². The van der Waals surface area contributed by atoms with E-state index in [9.17, 15) is 0 Å². The third-order valence-corrected chi connectivity index (χ3v) is 5.31. The Hall–Kier alpha value is -1.08. The summed E-state index contributed by atoms with van der Waals surface area (Å²) in [5.41, 5.74) is 4.81. The third-order valence-electron chi connectivity index (χ3n) is 5.31. The Labute approximate surface area is 130 Å². The Morgan fingerprint density at radius 2 is 1.81 bits per heavy atom. The van der Waals surface area contributed by atoms with E-state index in [2.05, 4.69) is 63.1 Å².